The zero-order valence-corrected chi connectivity index (χ0v) is 17.8. The zero-order chi connectivity index (χ0) is 22.0. The summed E-state index contributed by atoms with van der Waals surface area (Å²) < 4.78 is 42.4. The lowest BCUT2D eigenvalue weighted by Gasteiger charge is -2.31. The third-order valence-electron chi connectivity index (χ3n) is 5.38. The average Bonchev–Trinajstić information content (AvgIpc) is 3.21. The van der Waals surface area contributed by atoms with Crippen molar-refractivity contribution in [2.75, 3.05) is 18.4 Å². The lowest BCUT2D eigenvalue weighted by molar-refractivity contribution is 0.102. The van der Waals surface area contributed by atoms with E-state index in [0.717, 1.165) is 5.56 Å². The quantitative estimate of drug-likeness (QED) is 0.654. The van der Waals surface area contributed by atoms with Crippen LogP contribution in [0.1, 0.15) is 34.8 Å². The Morgan fingerprint density at radius 2 is 1.71 bits per heavy atom. The highest BCUT2D eigenvalue weighted by Gasteiger charge is 2.30. The Labute approximate surface area is 180 Å². The number of hydrogen-bond acceptors (Lipinski definition) is 4. The predicted octanol–water partition coefficient (Wildman–Crippen LogP) is 3.61. The summed E-state index contributed by atoms with van der Waals surface area (Å²) in [4.78, 5) is 12.4. The van der Waals surface area contributed by atoms with Gasteiger partial charge >= 0.3 is 0 Å². The number of rotatable bonds is 5. The van der Waals surface area contributed by atoms with Crippen LogP contribution in [0.25, 0.3) is 0 Å². The number of benzene rings is 2. The molecule has 0 unspecified atom stereocenters. The number of carbonyl (C=O) groups excluding carboxylic acids is 1. The molecule has 0 saturated carbocycles. The van der Waals surface area contributed by atoms with Crippen LogP contribution in [0.3, 0.4) is 0 Å². The number of halogens is 1. The van der Waals surface area contributed by atoms with Crippen molar-refractivity contribution in [1.82, 2.24) is 14.1 Å². The van der Waals surface area contributed by atoms with E-state index in [4.69, 9.17) is 0 Å². The highest BCUT2D eigenvalue weighted by atomic mass is 32.2. The fraction of sp³-hybridized carbons (Fsp3) is 0.273. The first kappa shape index (κ1) is 21.2. The molecule has 0 aliphatic carbocycles. The van der Waals surface area contributed by atoms with E-state index >= 15 is 0 Å². The van der Waals surface area contributed by atoms with Gasteiger partial charge in [-0.3, -0.25) is 9.48 Å². The van der Waals surface area contributed by atoms with Crippen molar-refractivity contribution in [2.45, 2.75) is 30.7 Å². The Morgan fingerprint density at radius 3 is 2.29 bits per heavy atom. The third kappa shape index (κ3) is 4.67. The topological polar surface area (TPSA) is 84.3 Å². The van der Waals surface area contributed by atoms with Gasteiger partial charge in [0, 0.05) is 30.5 Å². The van der Waals surface area contributed by atoms with Gasteiger partial charge in [-0.05, 0) is 73.9 Å². The van der Waals surface area contributed by atoms with Crippen LogP contribution in [0.5, 0.6) is 0 Å². The number of hydrogen-bond donors (Lipinski definition) is 1. The largest absolute Gasteiger partial charge is 0.322 e. The van der Waals surface area contributed by atoms with Crippen molar-refractivity contribution in [3.63, 3.8) is 0 Å². The summed E-state index contributed by atoms with van der Waals surface area (Å²) in [5.41, 5.74) is 1.86. The summed E-state index contributed by atoms with van der Waals surface area (Å²) in [5.74, 6) is -0.818. The van der Waals surface area contributed by atoms with E-state index in [1.54, 1.807) is 18.3 Å². The molecule has 0 spiro atoms. The maximum atomic E-state index is 13.0. The summed E-state index contributed by atoms with van der Waals surface area (Å²) in [7, 11) is -3.62. The number of nitrogens with zero attached hydrogens (tertiary/aromatic N) is 3. The molecule has 31 heavy (non-hydrogen) atoms. The second-order valence-electron chi connectivity index (χ2n) is 7.62. The van der Waals surface area contributed by atoms with Gasteiger partial charge in [0.15, 0.2) is 0 Å². The van der Waals surface area contributed by atoms with Crippen molar-refractivity contribution < 1.29 is 17.6 Å². The maximum absolute atomic E-state index is 13.0. The van der Waals surface area contributed by atoms with Crippen LogP contribution in [0.2, 0.25) is 0 Å². The van der Waals surface area contributed by atoms with Crippen molar-refractivity contribution in [2.24, 2.45) is 0 Å². The van der Waals surface area contributed by atoms with Gasteiger partial charge in [-0.15, -0.1) is 0 Å². The second-order valence-corrected chi connectivity index (χ2v) is 9.56. The van der Waals surface area contributed by atoms with Crippen LogP contribution >= 0.6 is 0 Å². The molecule has 1 aliphatic rings. The van der Waals surface area contributed by atoms with E-state index in [9.17, 15) is 17.6 Å². The number of amides is 1. The first-order valence-electron chi connectivity index (χ1n) is 10.0. The summed E-state index contributed by atoms with van der Waals surface area (Å²) in [6.07, 6.45) is 5.19. The summed E-state index contributed by atoms with van der Waals surface area (Å²) in [5, 5.41) is 7.02. The number of piperidine rings is 1. The van der Waals surface area contributed by atoms with E-state index in [2.05, 4.69) is 10.4 Å². The van der Waals surface area contributed by atoms with Crippen molar-refractivity contribution in [3.8, 4) is 0 Å². The Balaban J connectivity index is 1.40. The van der Waals surface area contributed by atoms with E-state index in [1.165, 1.54) is 40.7 Å². The minimum Gasteiger partial charge on any atom is -0.322 e. The molecule has 4 rings (SSSR count). The molecule has 2 heterocycles. The SMILES string of the molecule is Cc1cnn(C2CCN(S(=O)(=O)c3ccc(NC(=O)c4ccc(F)cc4)cc3)CC2)c1. The number of carbonyl (C=O) groups is 1. The average molecular weight is 443 g/mol. The number of aryl methyl sites for hydroxylation is 1. The second kappa shape index (κ2) is 8.60. The number of nitrogens with one attached hydrogen (secondary N) is 1. The van der Waals surface area contributed by atoms with Gasteiger partial charge in [-0.2, -0.15) is 9.40 Å². The first-order valence-corrected chi connectivity index (χ1v) is 11.4. The fourth-order valence-electron chi connectivity index (χ4n) is 3.64. The highest BCUT2D eigenvalue weighted by molar-refractivity contribution is 7.89. The standard InChI is InChI=1S/C22H23FN4O3S/c1-16-14-24-27(15-16)20-10-12-26(13-11-20)31(29,30)21-8-6-19(7-9-21)25-22(28)17-2-4-18(23)5-3-17/h2-9,14-15,20H,10-13H2,1H3,(H,25,28). The minimum atomic E-state index is -3.62. The van der Waals surface area contributed by atoms with Crippen LogP contribution in [0.4, 0.5) is 10.1 Å². The summed E-state index contributed by atoms with van der Waals surface area (Å²) in [6.45, 7) is 2.83. The predicted molar refractivity (Wildman–Crippen MR) is 115 cm³/mol. The van der Waals surface area contributed by atoms with Crippen LogP contribution in [0, 0.1) is 12.7 Å². The van der Waals surface area contributed by atoms with Gasteiger partial charge in [0.25, 0.3) is 5.91 Å². The van der Waals surface area contributed by atoms with Crippen molar-refractivity contribution in [1.29, 1.82) is 0 Å². The Morgan fingerprint density at radius 1 is 1.06 bits per heavy atom. The third-order valence-corrected chi connectivity index (χ3v) is 7.30. The molecule has 9 heteroatoms. The van der Waals surface area contributed by atoms with E-state index < -0.39 is 21.7 Å². The van der Waals surface area contributed by atoms with Crippen LogP contribution < -0.4 is 5.32 Å². The Hall–Kier alpha value is -3.04. The van der Waals surface area contributed by atoms with E-state index in [1.807, 2.05) is 17.8 Å². The lowest BCUT2D eigenvalue weighted by Crippen LogP contribution is -2.39. The number of sulfonamides is 1. The number of aromatic nitrogens is 2. The molecule has 162 valence electrons. The van der Waals surface area contributed by atoms with Crippen LogP contribution in [-0.4, -0.2) is 41.5 Å². The number of anilines is 1. The first-order chi connectivity index (χ1) is 14.8. The molecule has 1 saturated heterocycles. The molecule has 7 nitrogen and oxygen atoms in total. The van der Waals surface area contributed by atoms with Crippen LogP contribution in [-0.2, 0) is 10.0 Å². The highest BCUT2D eigenvalue weighted by Crippen LogP contribution is 2.27. The molecule has 1 N–H and O–H groups in total. The molecule has 0 radical (unpaired) electrons. The molecule has 1 fully saturated rings. The summed E-state index contributed by atoms with van der Waals surface area (Å²) >= 11 is 0. The van der Waals surface area contributed by atoms with E-state index in [0.29, 0.717) is 37.2 Å². The molecule has 0 atom stereocenters. The molecule has 2 aromatic carbocycles. The fourth-order valence-corrected chi connectivity index (χ4v) is 5.11. The molecule has 3 aromatic rings. The molecular formula is C22H23FN4O3S. The Bertz CT molecular complexity index is 1170. The van der Waals surface area contributed by atoms with Crippen molar-refractivity contribution >= 4 is 21.6 Å². The van der Waals surface area contributed by atoms with Gasteiger partial charge in [0.1, 0.15) is 5.82 Å². The zero-order valence-electron chi connectivity index (χ0n) is 17.0. The van der Waals surface area contributed by atoms with Crippen LogP contribution in [0.15, 0.2) is 65.8 Å². The van der Waals surface area contributed by atoms with Crippen molar-refractivity contribution in [3.05, 3.63) is 77.9 Å². The normalized spacial score (nSPS) is 15.7. The molecule has 1 aromatic heterocycles. The van der Waals surface area contributed by atoms with E-state index in [-0.39, 0.29) is 10.9 Å². The lowest BCUT2D eigenvalue weighted by atomic mass is 10.1. The minimum absolute atomic E-state index is 0.181. The van der Waals surface area contributed by atoms with Gasteiger partial charge < -0.3 is 5.32 Å². The molecule has 0 bridgehead atoms. The maximum Gasteiger partial charge on any atom is 0.255 e. The Kier molecular flexibility index (Phi) is 5.88. The van der Waals surface area contributed by atoms with Gasteiger partial charge in [-0.1, -0.05) is 0 Å². The van der Waals surface area contributed by atoms with Gasteiger partial charge in [0.05, 0.1) is 17.1 Å². The smallest absolute Gasteiger partial charge is 0.255 e. The van der Waals surface area contributed by atoms with Gasteiger partial charge in [0.2, 0.25) is 10.0 Å². The summed E-state index contributed by atoms with van der Waals surface area (Å²) in [6, 6.07) is 11.5. The monoisotopic (exact) mass is 442 g/mol. The molecule has 1 amide bonds. The molecule has 1 aliphatic heterocycles. The molecular weight excluding hydrogens is 419 g/mol. The van der Waals surface area contributed by atoms with Gasteiger partial charge in [-0.25, -0.2) is 12.8 Å².